The molecule has 24 heteroatoms. The number of halogens is 6. The number of nitrogens with zero attached hydrogens (tertiary/aromatic N) is 8. The molecule has 0 radical (unpaired) electrons. The number of hydrogen-bond donors (Lipinski definition) is 4. The minimum atomic E-state index is -3.32. The molecule has 2 aliphatic rings. The van der Waals surface area contributed by atoms with Crippen LogP contribution in [0.4, 0.5) is 38.0 Å². The lowest BCUT2D eigenvalue weighted by molar-refractivity contribution is -0.0597. The van der Waals surface area contributed by atoms with E-state index in [1.807, 2.05) is 0 Å². The topological polar surface area (TPSA) is 234 Å². The molecule has 8 rings (SSSR count). The third-order valence-corrected chi connectivity index (χ3v) is 9.41. The molecule has 6 aromatic rings. The highest BCUT2D eigenvalue weighted by atomic mass is 19.3. The fourth-order valence-corrected chi connectivity index (χ4v) is 6.55. The van der Waals surface area contributed by atoms with E-state index >= 15 is 0 Å². The van der Waals surface area contributed by atoms with E-state index in [9.17, 15) is 45.5 Å². The fraction of sp³-hybridized carbons (Fsp3) is 0.316. The van der Waals surface area contributed by atoms with Gasteiger partial charge in [0.05, 0.1) is 48.7 Å². The van der Waals surface area contributed by atoms with Gasteiger partial charge in [-0.1, -0.05) is 0 Å². The Bertz CT molecular complexity index is 2850. The van der Waals surface area contributed by atoms with Gasteiger partial charge in [-0.25, -0.2) is 55.9 Å². The Kier molecular flexibility index (Phi) is 11.7. The maximum Gasteiger partial charge on any atom is 0.325 e. The number of alkyl halides is 6. The number of anilines is 2. The van der Waals surface area contributed by atoms with Gasteiger partial charge in [0.1, 0.15) is 40.5 Å². The van der Waals surface area contributed by atoms with Crippen LogP contribution in [0.1, 0.15) is 29.5 Å². The monoisotopic (exact) mass is 868 g/mol. The summed E-state index contributed by atoms with van der Waals surface area (Å²) in [6.07, 6.45) is -0.928. The van der Waals surface area contributed by atoms with Crippen molar-refractivity contribution in [3.63, 3.8) is 0 Å². The van der Waals surface area contributed by atoms with E-state index in [-0.39, 0.29) is 58.8 Å². The predicted molar refractivity (Wildman–Crippen MR) is 208 cm³/mol. The summed E-state index contributed by atoms with van der Waals surface area (Å²) in [5.41, 5.74) is -2.12. The smallest absolute Gasteiger partial charge is 0.325 e. The quantitative estimate of drug-likeness (QED) is 0.152. The van der Waals surface area contributed by atoms with Gasteiger partial charge in [-0.2, -0.15) is 0 Å². The van der Waals surface area contributed by atoms with Gasteiger partial charge in [-0.05, 0) is 32.9 Å². The molecule has 2 unspecified atom stereocenters. The van der Waals surface area contributed by atoms with E-state index in [0.717, 1.165) is 12.3 Å². The van der Waals surface area contributed by atoms with Gasteiger partial charge >= 0.3 is 23.2 Å². The molecule has 0 spiro atoms. The number of ether oxygens (including phenoxy) is 2. The highest BCUT2D eigenvalue weighted by molar-refractivity contribution is 5.62. The van der Waals surface area contributed by atoms with Crippen LogP contribution in [0.25, 0.3) is 22.5 Å². The lowest BCUT2D eigenvalue weighted by Crippen LogP contribution is -2.36. The average molecular weight is 869 g/mol. The van der Waals surface area contributed by atoms with Crippen molar-refractivity contribution in [2.75, 3.05) is 36.0 Å². The van der Waals surface area contributed by atoms with Crippen LogP contribution in [0.2, 0.25) is 0 Å². The van der Waals surface area contributed by atoms with E-state index in [4.69, 9.17) is 9.47 Å². The van der Waals surface area contributed by atoms with Crippen molar-refractivity contribution in [3.05, 3.63) is 126 Å². The zero-order valence-corrected chi connectivity index (χ0v) is 32.6. The Morgan fingerprint density at radius 3 is 1.55 bits per heavy atom. The normalized spacial score (nSPS) is 17.8. The Morgan fingerprint density at radius 1 is 0.661 bits per heavy atom. The lowest BCUT2D eigenvalue weighted by atomic mass is 10.2. The Labute approximate surface area is 344 Å². The molecule has 4 N–H and O–H groups in total. The minimum absolute atomic E-state index is 0.0337. The van der Waals surface area contributed by atoms with Crippen molar-refractivity contribution < 1.29 is 35.8 Å². The molecule has 2 atom stereocenters. The van der Waals surface area contributed by atoms with Crippen molar-refractivity contribution in [1.29, 1.82) is 0 Å². The first-order valence-corrected chi connectivity index (χ1v) is 18.5. The molecule has 6 aromatic heterocycles. The zero-order valence-electron chi connectivity index (χ0n) is 32.6. The standard InChI is InChI=1S/C19H16F4N6O3.C19H18F2N6O3/c1-9-26-12(11-6-25-18(31)28-17(11)30)5-15(27-9)29-7-14(19(22,23)8-29)32-10-2-3-24-13(4-10)16(20)21;1-10-5-12(3-4-22-10)30-15-8-27(9-19(15,20)21)16-6-14(24-11(2)25-16)13-7-23-18(29)26-17(13)28/h2-6,14,16H,7-8H2,1H3,(H2,25,28,30,31);3-7,15H,8-9H2,1-2H3,(H2,23,26,28,29). The number of H-pyrrole nitrogens is 4. The molecule has 0 aromatic carbocycles. The minimum Gasteiger partial charge on any atom is -0.482 e. The van der Waals surface area contributed by atoms with Gasteiger partial charge in [0.15, 0.2) is 12.2 Å². The van der Waals surface area contributed by atoms with Crippen molar-refractivity contribution in [2.45, 2.75) is 51.2 Å². The summed E-state index contributed by atoms with van der Waals surface area (Å²) in [6, 6.07) is 8.04. The van der Waals surface area contributed by atoms with Crippen LogP contribution in [0.15, 0.2) is 80.4 Å². The zero-order chi connectivity index (χ0) is 44.5. The Morgan fingerprint density at radius 2 is 1.11 bits per heavy atom. The van der Waals surface area contributed by atoms with E-state index in [2.05, 4.69) is 49.8 Å². The predicted octanol–water partition coefficient (Wildman–Crippen LogP) is 3.50. The second-order valence-electron chi connectivity index (χ2n) is 14.1. The largest absolute Gasteiger partial charge is 0.482 e. The molecule has 2 fully saturated rings. The van der Waals surface area contributed by atoms with Gasteiger partial charge in [0.25, 0.3) is 17.5 Å². The average Bonchev–Trinajstić information content (AvgIpc) is 3.67. The van der Waals surface area contributed by atoms with Crippen LogP contribution in [0.5, 0.6) is 11.5 Å². The van der Waals surface area contributed by atoms with Gasteiger partial charge in [0.2, 0.25) is 0 Å². The van der Waals surface area contributed by atoms with Crippen LogP contribution in [0.3, 0.4) is 0 Å². The number of pyridine rings is 2. The number of aromatic nitrogens is 10. The number of hydrogen-bond acceptors (Lipinski definition) is 14. The molecular weight excluding hydrogens is 834 g/mol. The number of rotatable bonds is 9. The first kappa shape index (κ1) is 42.7. The first-order valence-electron chi connectivity index (χ1n) is 18.5. The number of aromatic amines is 4. The molecule has 0 saturated carbocycles. The number of aryl methyl sites for hydroxylation is 3. The first-order chi connectivity index (χ1) is 29.3. The molecule has 0 aliphatic carbocycles. The van der Waals surface area contributed by atoms with E-state index in [1.165, 1.54) is 59.6 Å². The molecule has 8 heterocycles. The summed E-state index contributed by atoms with van der Waals surface area (Å²) in [6.45, 7) is 3.12. The van der Waals surface area contributed by atoms with Crippen LogP contribution >= 0.6 is 0 Å². The summed E-state index contributed by atoms with van der Waals surface area (Å²) in [5.74, 6) is -5.41. The second-order valence-corrected chi connectivity index (χ2v) is 14.1. The third-order valence-electron chi connectivity index (χ3n) is 9.41. The van der Waals surface area contributed by atoms with Gasteiger partial charge in [-0.3, -0.25) is 29.5 Å². The maximum atomic E-state index is 14.7. The third kappa shape index (κ3) is 9.63. The molecule has 18 nitrogen and oxygen atoms in total. The summed E-state index contributed by atoms with van der Waals surface area (Å²) < 4.78 is 95.1. The van der Waals surface area contributed by atoms with Gasteiger partial charge in [-0.15, -0.1) is 0 Å². The molecule has 0 amide bonds. The molecule has 62 heavy (non-hydrogen) atoms. The van der Waals surface area contributed by atoms with Gasteiger partial charge in [0, 0.05) is 54.7 Å². The van der Waals surface area contributed by atoms with Crippen LogP contribution < -0.4 is 41.8 Å². The molecular formula is C38H34F6N12O6. The molecule has 0 bridgehead atoms. The number of nitrogens with one attached hydrogen (secondary N) is 4. The lowest BCUT2D eigenvalue weighted by Gasteiger charge is -2.19. The summed E-state index contributed by atoms with van der Waals surface area (Å²) >= 11 is 0. The maximum absolute atomic E-state index is 14.7. The fourth-order valence-electron chi connectivity index (χ4n) is 6.55. The van der Waals surface area contributed by atoms with Crippen molar-refractivity contribution in [3.8, 4) is 34.0 Å². The SMILES string of the molecule is Cc1cc(OC2CN(c3cc(-c4c[nH]c(=O)[nH]c4=O)nc(C)n3)CC2(F)F)ccn1.Cc1nc(-c2c[nH]c(=O)[nH]c2=O)cc(N2CC(Oc3ccnc(C(F)F)c3)C(F)(F)C2)n1. The van der Waals surface area contributed by atoms with Crippen molar-refractivity contribution in [1.82, 2.24) is 49.8 Å². The molecule has 2 aliphatic heterocycles. The molecule has 324 valence electrons. The van der Waals surface area contributed by atoms with Crippen molar-refractivity contribution in [2.24, 2.45) is 0 Å². The second kappa shape index (κ2) is 16.9. The summed E-state index contributed by atoms with van der Waals surface area (Å²) in [4.78, 5) is 82.4. The van der Waals surface area contributed by atoms with Crippen molar-refractivity contribution >= 4 is 11.6 Å². The van der Waals surface area contributed by atoms with Crippen LogP contribution in [0, 0.1) is 20.8 Å². The molecule has 2 saturated heterocycles. The summed E-state index contributed by atoms with van der Waals surface area (Å²) in [7, 11) is 0. The summed E-state index contributed by atoms with van der Waals surface area (Å²) in [5, 5.41) is 0. The van der Waals surface area contributed by atoms with Crippen LogP contribution in [-0.4, -0.2) is 100 Å². The Balaban J connectivity index is 0.000000187. The highest BCUT2D eigenvalue weighted by Gasteiger charge is 2.51. The highest BCUT2D eigenvalue weighted by Crippen LogP contribution is 2.36. The van der Waals surface area contributed by atoms with Gasteiger partial charge < -0.3 is 29.2 Å². The van der Waals surface area contributed by atoms with E-state index in [0.29, 0.717) is 17.3 Å². The van der Waals surface area contributed by atoms with E-state index < -0.39 is 71.8 Å². The van der Waals surface area contributed by atoms with E-state index in [1.54, 1.807) is 19.9 Å². The Hall–Kier alpha value is -7.40. The van der Waals surface area contributed by atoms with Crippen LogP contribution in [-0.2, 0) is 0 Å².